The highest BCUT2D eigenvalue weighted by atomic mass is 19.4. The summed E-state index contributed by atoms with van der Waals surface area (Å²) in [4.78, 5) is 26.1. The van der Waals surface area contributed by atoms with Gasteiger partial charge in [0.25, 0.3) is 5.91 Å². The monoisotopic (exact) mass is 482 g/mol. The number of amides is 1. The molecule has 1 saturated heterocycles. The largest absolute Gasteiger partial charge is 0.497 e. The number of ether oxygens (including phenoxy) is 4. The summed E-state index contributed by atoms with van der Waals surface area (Å²) in [5.74, 6) is -0.235. The Morgan fingerprint density at radius 1 is 1.06 bits per heavy atom. The minimum atomic E-state index is -4.57. The topological polar surface area (TPSA) is 86.3 Å². The van der Waals surface area contributed by atoms with E-state index in [9.17, 15) is 22.8 Å². The van der Waals surface area contributed by atoms with Crippen molar-refractivity contribution < 1.29 is 41.7 Å². The molecule has 2 aromatic rings. The van der Waals surface area contributed by atoms with Crippen molar-refractivity contribution in [3.05, 3.63) is 48.0 Å². The predicted octanol–water partition coefficient (Wildman–Crippen LogP) is 3.50. The Labute approximate surface area is 194 Å². The summed E-state index contributed by atoms with van der Waals surface area (Å²) in [5, 5.41) is 2.43. The molecule has 11 heteroatoms. The molecule has 0 saturated carbocycles. The fourth-order valence-corrected chi connectivity index (χ4v) is 3.22. The molecule has 0 atom stereocenters. The lowest BCUT2D eigenvalue weighted by Crippen LogP contribution is -2.37. The van der Waals surface area contributed by atoms with E-state index in [-0.39, 0.29) is 18.7 Å². The van der Waals surface area contributed by atoms with Gasteiger partial charge in [-0.15, -0.1) is 0 Å². The van der Waals surface area contributed by atoms with Crippen molar-refractivity contribution >= 4 is 23.3 Å². The summed E-state index contributed by atoms with van der Waals surface area (Å²) in [6, 6.07) is 9.91. The fourth-order valence-electron chi connectivity index (χ4n) is 3.22. The van der Waals surface area contributed by atoms with Crippen molar-refractivity contribution in [1.82, 2.24) is 0 Å². The van der Waals surface area contributed by atoms with E-state index in [0.29, 0.717) is 43.5 Å². The highest BCUT2D eigenvalue weighted by molar-refractivity contribution is 5.96. The van der Waals surface area contributed by atoms with Crippen LogP contribution in [-0.2, 0) is 25.2 Å². The van der Waals surface area contributed by atoms with Gasteiger partial charge in [-0.05, 0) is 42.5 Å². The van der Waals surface area contributed by atoms with Crippen molar-refractivity contribution in [2.45, 2.75) is 12.6 Å². The van der Waals surface area contributed by atoms with E-state index in [0.717, 1.165) is 12.1 Å². The van der Waals surface area contributed by atoms with Crippen LogP contribution < -0.4 is 19.7 Å². The summed E-state index contributed by atoms with van der Waals surface area (Å²) in [7, 11) is 1.54. The summed E-state index contributed by atoms with van der Waals surface area (Å²) in [6.45, 7) is 1.17. The average molecular weight is 482 g/mol. The number of esters is 1. The number of rotatable bonds is 9. The molecule has 1 aliphatic heterocycles. The number of hydrogen-bond donors (Lipinski definition) is 1. The third-order valence-electron chi connectivity index (χ3n) is 4.95. The van der Waals surface area contributed by atoms with Gasteiger partial charge in [-0.2, -0.15) is 13.2 Å². The van der Waals surface area contributed by atoms with Crippen LogP contribution in [0.3, 0.4) is 0 Å². The molecule has 0 bridgehead atoms. The van der Waals surface area contributed by atoms with E-state index in [4.69, 9.17) is 18.9 Å². The maximum atomic E-state index is 13.2. The Hall–Kier alpha value is -3.47. The van der Waals surface area contributed by atoms with Crippen LogP contribution in [0.1, 0.15) is 12.0 Å². The van der Waals surface area contributed by atoms with Crippen molar-refractivity contribution in [2.24, 2.45) is 0 Å². The number of morpholine rings is 1. The van der Waals surface area contributed by atoms with Gasteiger partial charge in [-0.1, -0.05) is 0 Å². The molecule has 3 rings (SSSR count). The lowest BCUT2D eigenvalue weighted by Gasteiger charge is -2.31. The molecule has 1 aliphatic rings. The van der Waals surface area contributed by atoms with E-state index in [2.05, 4.69) is 5.32 Å². The Morgan fingerprint density at radius 3 is 2.38 bits per heavy atom. The van der Waals surface area contributed by atoms with Gasteiger partial charge in [0.2, 0.25) is 0 Å². The van der Waals surface area contributed by atoms with Crippen LogP contribution >= 0.6 is 0 Å². The first-order valence-electron chi connectivity index (χ1n) is 10.5. The van der Waals surface area contributed by atoms with Gasteiger partial charge in [0.05, 0.1) is 50.3 Å². The first-order valence-corrected chi connectivity index (χ1v) is 10.5. The predicted molar refractivity (Wildman–Crippen MR) is 117 cm³/mol. The summed E-state index contributed by atoms with van der Waals surface area (Å²) in [5.41, 5.74) is -0.475. The molecule has 0 unspecified atom stereocenters. The Kier molecular flexibility index (Phi) is 8.58. The molecule has 2 aromatic carbocycles. The number of methoxy groups -OCH3 is 1. The molecule has 0 radical (unpaired) electrons. The van der Waals surface area contributed by atoms with Crippen molar-refractivity contribution in [3.8, 4) is 11.5 Å². The molecule has 0 aliphatic carbocycles. The number of hydrogen-bond acceptors (Lipinski definition) is 7. The molecular formula is C23H25F3N2O6. The second-order valence-corrected chi connectivity index (χ2v) is 7.31. The summed E-state index contributed by atoms with van der Waals surface area (Å²) >= 11 is 0. The minimum Gasteiger partial charge on any atom is -0.497 e. The van der Waals surface area contributed by atoms with E-state index >= 15 is 0 Å². The van der Waals surface area contributed by atoms with Gasteiger partial charge in [-0.25, -0.2) is 0 Å². The molecule has 1 N–H and O–H groups in total. The maximum absolute atomic E-state index is 13.2. The van der Waals surface area contributed by atoms with Crippen LogP contribution in [0.2, 0.25) is 0 Å². The average Bonchev–Trinajstić information content (AvgIpc) is 2.83. The van der Waals surface area contributed by atoms with Gasteiger partial charge in [0.1, 0.15) is 11.5 Å². The Balaban J connectivity index is 1.52. The van der Waals surface area contributed by atoms with Gasteiger partial charge >= 0.3 is 12.1 Å². The highest BCUT2D eigenvalue weighted by Gasteiger charge is 2.32. The van der Waals surface area contributed by atoms with E-state index in [1.54, 1.807) is 31.4 Å². The van der Waals surface area contributed by atoms with Gasteiger partial charge in [0.15, 0.2) is 6.61 Å². The molecule has 0 spiro atoms. The molecular weight excluding hydrogens is 457 g/mol. The number of anilines is 2. The van der Waals surface area contributed by atoms with Gasteiger partial charge in [0, 0.05) is 13.1 Å². The summed E-state index contributed by atoms with van der Waals surface area (Å²) < 4.78 is 60.2. The molecule has 1 heterocycles. The minimum absolute atomic E-state index is 0.0133. The Bertz CT molecular complexity index is 976. The normalized spacial score (nSPS) is 13.8. The zero-order valence-corrected chi connectivity index (χ0v) is 18.5. The van der Waals surface area contributed by atoms with Crippen LogP contribution in [0.15, 0.2) is 42.5 Å². The van der Waals surface area contributed by atoms with Crippen LogP contribution in [0.25, 0.3) is 0 Å². The van der Waals surface area contributed by atoms with Crippen molar-refractivity contribution in [1.29, 1.82) is 0 Å². The number of alkyl halides is 3. The lowest BCUT2D eigenvalue weighted by atomic mass is 10.1. The van der Waals surface area contributed by atoms with Crippen LogP contribution in [0.5, 0.6) is 11.5 Å². The highest BCUT2D eigenvalue weighted by Crippen LogP contribution is 2.35. The second kappa shape index (κ2) is 11.6. The van der Waals surface area contributed by atoms with Crippen molar-refractivity contribution in [3.63, 3.8) is 0 Å². The van der Waals surface area contributed by atoms with Gasteiger partial charge < -0.3 is 29.2 Å². The first-order chi connectivity index (χ1) is 16.3. The number of benzene rings is 2. The molecule has 184 valence electrons. The van der Waals surface area contributed by atoms with E-state index in [1.165, 1.54) is 6.07 Å². The molecule has 8 nitrogen and oxygen atoms in total. The molecule has 1 fully saturated rings. The number of nitrogens with one attached hydrogen (secondary N) is 1. The lowest BCUT2D eigenvalue weighted by molar-refractivity contribution is -0.147. The quantitative estimate of drug-likeness (QED) is 0.548. The van der Waals surface area contributed by atoms with Crippen LogP contribution in [0, 0.1) is 0 Å². The number of carbonyl (C=O) groups excluding carboxylic acids is 2. The SMILES string of the molecule is COc1ccc(OCCC(=O)OCC(=O)Nc2cc(C(F)(F)F)ccc2N2CCOCC2)cc1. The number of nitrogens with zero attached hydrogens (tertiary/aromatic N) is 1. The smallest absolute Gasteiger partial charge is 0.416 e. The number of carbonyl (C=O) groups is 2. The van der Waals surface area contributed by atoms with E-state index in [1.807, 2.05) is 4.90 Å². The fraction of sp³-hybridized carbons (Fsp3) is 0.391. The third kappa shape index (κ3) is 7.27. The number of halogens is 3. The van der Waals surface area contributed by atoms with Crippen molar-refractivity contribution in [2.75, 3.05) is 56.8 Å². The first kappa shape index (κ1) is 25.2. The molecule has 0 aromatic heterocycles. The Morgan fingerprint density at radius 2 is 1.74 bits per heavy atom. The van der Waals surface area contributed by atoms with Gasteiger partial charge in [-0.3, -0.25) is 9.59 Å². The molecule has 34 heavy (non-hydrogen) atoms. The zero-order valence-electron chi connectivity index (χ0n) is 18.5. The van der Waals surface area contributed by atoms with Crippen LogP contribution in [0.4, 0.5) is 24.5 Å². The molecule has 1 amide bonds. The van der Waals surface area contributed by atoms with E-state index < -0.39 is 30.2 Å². The summed E-state index contributed by atoms with van der Waals surface area (Å²) in [6.07, 6.45) is -4.68. The third-order valence-corrected chi connectivity index (χ3v) is 4.95. The zero-order chi connectivity index (χ0) is 24.6. The second-order valence-electron chi connectivity index (χ2n) is 7.31. The maximum Gasteiger partial charge on any atom is 0.416 e. The van der Waals surface area contributed by atoms with Crippen LogP contribution in [-0.4, -0.2) is 58.5 Å². The standard InChI is InChI=1S/C23H25F3N2O6/c1-31-17-3-5-18(6-4-17)33-11-8-22(30)34-15-21(29)27-19-14-16(23(24,25)26)2-7-20(19)28-9-12-32-13-10-28/h2-7,14H,8-13,15H2,1H3,(H,27,29).